The van der Waals surface area contributed by atoms with Crippen LogP contribution in [-0.4, -0.2) is 29.0 Å². The Bertz CT molecular complexity index is 1010. The molecular weight excluding hydrogens is 378 g/mol. The van der Waals surface area contributed by atoms with E-state index >= 15 is 0 Å². The predicted octanol–water partition coefficient (Wildman–Crippen LogP) is 2.43. The first-order valence-electron chi connectivity index (χ1n) is 8.76. The highest BCUT2D eigenvalue weighted by molar-refractivity contribution is 7.89. The van der Waals surface area contributed by atoms with Crippen LogP contribution < -0.4 is 4.72 Å². The van der Waals surface area contributed by atoms with Gasteiger partial charge in [-0.1, -0.05) is 36.4 Å². The summed E-state index contributed by atoms with van der Waals surface area (Å²) < 4.78 is 29.4. The molecule has 146 valence electrons. The molecule has 0 aliphatic heterocycles. The van der Waals surface area contributed by atoms with Gasteiger partial charge in [0.15, 0.2) is 0 Å². The van der Waals surface area contributed by atoms with Gasteiger partial charge >= 0.3 is 5.97 Å². The molecule has 28 heavy (non-hydrogen) atoms. The number of aliphatic carboxylic acids is 1. The molecule has 1 aromatic heterocycles. The first kappa shape index (κ1) is 19.8. The SMILES string of the molecule is O=C(O)CCc1ccc(S(=O)(=O)NCc2ccc(Cn3ccnc3)cc2)cc1. The van der Waals surface area contributed by atoms with Gasteiger partial charge in [-0.05, 0) is 35.2 Å². The Morgan fingerprint density at radius 2 is 1.64 bits per heavy atom. The smallest absolute Gasteiger partial charge is 0.303 e. The second-order valence-electron chi connectivity index (χ2n) is 6.41. The van der Waals surface area contributed by atoms with E-state index in [2.05, 4.69) is 9.71 Å². The fourth-order valence-corrected chi connectivity index (χ4v) is 3.72. The molecule has 1 heterocycles. The third-order valence-corrected chi connectivity index (χ3v) is 5.69. The number of aryl methyl sites for hydroxylation is 1. The van der Waals surface area contributed by atoms with Gasteiger partial charge < -0.3 is 9.67 Å². The maximum Gasteiger partial charge on any atom is 0.303 e. The van der Waals surface area contributed by atoms with Crippen LogP contribution in [0.25, 0.3) is 0 Å². The molecule has 0 saturated heterocycles. The summed E-state index contributed by atoms with van der Waals surface area (Å²) in [6, 6.07) is 14.0. The van der Waals surface area contributed by atoms with E-state index in [1.165, 1.54) is 12.1 Å². The molecule has 2 N–H and O–H groups in total. The topological polar surface area (TPSA) is 101 Å². The number of hydrogen-bond acceptors (Lipinski definition) is 4. The minimum Gasteiger partial charge on any atom is -0.481 e. The summed E-state index contributed by atoms with van der Waals surface area (Å²) in [6.07, 6.45) is 5.74. The van der Waals surface area contributed by atoms with Crippen LogP contribution in [-0.2, 0) is 34.3 Å². The molecule has 0 unspecified atom stereocenters. The number of carboxylic acids is 1. The standard InChI is InChI=1S/C20H21N3O4S/c24-20(25)10-7-16-5-8-19(9-6-16)28(26,27)22-13-17-1-3-18(4-2-17)14-23-12-11-21-15-23/h1-6,8-9,11-12,15,22H,7,10,13-14H2,(H,24,25). The second kappa shape index (κ2) is 8.81. The number of nitrogens with one attached hydrogen (secondary N) is 1. The van der Waals surface area contributed by atoms with Gasteiger partial charge in [0, 0.05) is 31.9 Å². The van der Waals surface area contributed by atoms with Crippen molar-refractivity contribution in [3.63, 3.8) is 0 Å². The lowest BCUT2D eigenvalue weighted by Crippen LogP contribution is -2.23. The Balaban J connectivity index is 1.57. The van der Waals surface area contributed by atoms with Crippen LogP contribution in [0, 0.1) is 0 Å². The van der Waals surface area contributed by atoms with Crippen LogP contribution in [0.4, 0.5) is 0 Å². The monoisotopic (exact) mass is 399 g/mol. The number of hydrogen-bond donors (Lipinski definition) is 2. The van der Waals surface area contributed by atoms with E-state index in [0.29, 0.717) is 13.0 Å². The van der Waals surface area contributed by atoms with Crippen molar-refractivity contribution in [2.24, 2.45) is 0 Å². The highest BCUT2D eigenvalue weighted by Gasteiger charge is 2.13. The number of sulfonamides is 1. The van der Waals surface area contributed by atoms with Crippen molar-refractivity contribution in [2.75, 3.05) is 0 Å². The molecule has 0 radical (unpaired) electrons. The first-order chi connectivity index (χ1) is 13.4. The van der Waals surface area contributed by atoms with E-state index in [0.717, 1.165) is 16.7 Å². The zero-order valence-corrected chi connectivity index (χ0v) is 16.0. The molecule has 0 bridgehead atoms. The summed E-state index contributed by atoms with van der Waals surface area (Å²) in [4.78, 5) is 14.8. The Morgan fingerprint density at radius 1 is 1.00 bits per heavy atom. The van der Waals surface area contributed by atoms with E-state index in [1.54, 1.807) is 24.7 Å². The van der Waals surface area contributed by atoms with E-state index < -0.39 is 16.0 Å². The lowest BCUT2D eigenvalue weighted by Gasteiger charge is -2.09. The van der Waals surface area contributed by atoms with Crippen LogP contribution in [0.3, 0.4) is 0 Å². The van der Waals surface area contributed by atoms with Crippen molar-refractivity contribution in [3.8, 4) is 0 Å². The molecular formula is C20H21N3O4S. The third-order valence-electron chi connectivity index (χ3n) is 4.27. The molecule has 0 atom stereocenters. The van der Waals surface area contributed by atoms with Crippen molar-refractivity contribution < 1.29 is 18.3 Å². The van der Waals surface area contributed by atoms with Crippen molar-refractivity contribution >= 4 is 16.0 Å². The predicted molar refractivity (Wildman–Crippen MR) is 104 cm³/mol. The maximum atomic E-state index is 12.4. The number of benzene rings is 2. The lowest BCUT2D eigenvalue weighted by atomic mass is 10.1. The van der Waals surface area contributed by atoms with Gasteiger partial charge in [-0.25, -0.2) is 18.1 Å². The fourth-order valence-electron chi connectivity index (χ4n) is 2.70. The van der Waals surface area contributed by atoms with Gasteiger partial charge in [-0.3, -0.25) is 4.79 Å². The van der Waals surface area contributed by atoms with Crippen LogP contribution in [0.1, 0.15) is 23.1 Å². The summed E-state index contributed by atoms with van der Waals surface area (Å²) in [5.41, 5.74) is 2.74. The van der Waals surface area contributed by atoms with Crippen molar-refractivity contribution in [2.45, 2.75) is 30.8 Å². The Morgan fingerprint density at radius 3 is 2.25 bits per heavy atom. The summed E-state index contributed by atoms with van der Waals surface area (Å²) in [5, 5.41) is 8.71. The van der Waals surface area contributed by atoms with Gasteiger partial charge in [0.2, 0.25) is 10.0 Å². The fraction of sp³-hybridized carbons (Fsp3) is 0.200. The van der Waals surface area contributed by atoms with Crippen LogP contribution in [0.5, 0.6) is 0 Å². The molecule has 0 aliphatic rings. The average molecular weight is 399 g/mol. The Hall–Kier alpha value is -2.97. The molecule has 0 amide bonds. The number of nitrogens with zero attached hydrogens (tertiary/aromatic N) is 2. The largest absolute Gasteiger partial charge is 0.481 e. The Kier molecular flexibility index (Phi) is 6.23. The van der Waals surface area contributed by atoms with E-state index in [4.69, 9.17) is 5.11 Å². The quantitative estimate of drug-likeness (QED) is 0.575. The van der Waals surface area contributed by atoms with E-state index in [-0.39, 0.29) is 17.9 Å². The summed E-state index contributed by atoms with van der Waals surface area (Å²) in [5.74, 6) is -0.880. The minimum absolute atomic E-state index is 0.0151. The van der Waals surface area contributed by atoms with Gasteiger partial charge in [0.05, 0.1) is 11.2 Å². The highest BCUT2D eigenvalue weighted by Crippen LogP contribution is 2.13. The van der Waals surface area contributed by atoms with Crippen molar-refractivity contribution in [1.82, 2.24) is 14.3 Å². The average Bonchev–Trinajstić information content (AvgIpc) is 3.19. The third kappa shape index (κ3) is 5.51. The maximum absolute atomic E-state index is 12.4. The van der Waals surface area contributed by atoms with Crippen LogP contribution in [0.15, 0.2) is 72.1 Å². The number of rotatable bonds is 9. The molecule has 0 spiro atoms. The van der Waals surface area contributed by atoms with Gasteiger partial charge in [-0.2, -0.15) is 0 Å². The zero-order valence-electron chi connectivity index (χ0n) is 15.2. The lowest BCUT2D eigenvalue weighted by molar-refractivity contribution is -0.136. The second-order valence-corrected chi connectivity index (χ2v) is 8.18. The highest BCUT2D eigenvalue weighted by atomic mass is 32.2. The van der Waals surface area contributed by atoms with E-state index in [9.17, 15) is 13.2 Å². The summed E-state index contributed by atoms with van der Waals surface area (Å²) in [7, 11) is -3.64. The normalized spacial score (nSPS) is 11.4. The molecule has 8 heteroatoms. The zero-order chi connectivity index (χ0) is 20.0. The molecule has 0 fully saturated rings. The van der Waals surface area contributed by atoms with Crippen molar-refractivity contribution in [3.05, 3.63) is 83.9 Å². The van der Waals surface area contributed by atoms with E-state index in [1.807, 2.05) is 35.0 Å². The minimum atomic E-state index is -3.64. The van der Waals surface area contributed by atoms with Crippen molar-refractivity contribution in [1.29, 1.82) is 0 Å². The summed E-state index contributed by atoms with van der Waals surface area (Å²) >= 11 is 0. The molecule has 2 aromatic carbocycles. The van der Waals surface area contributed by atoms with Crippen LogP contribution >= 0.6 is 0 Å². The van der Waals surface area contributed by atoms with Gasteiger partial charge in [0.25, 0.3) is 0 Å². The Labute approximate surface area is 163 Å². The number of aromatic nitrogens is 2. The van der Waals surface area contributed by atoms with Gasteiger partial charge in [-0.15, -0.1) is 0 Å². The number of carboxylic acid groups (broad SMARTS) is 1. The molecule has 3 aromatic rings. The molecule has 3 rings (SSSR count). The molecule has 7 nitrogen and oxygen atoms in total. The van der Waals surface area contributed by atoms with Gasteiger partial charge in [0.1, 0.15) is 0 Å². The molecule has 0 aliphatic carbocycles. The van der Waals surface area contributed by atoms with Crippen LogP contribution in [0.2, 0.25) is 0 Å². The first-order valence-corrected chi connectivity index (χ1v) is 10.2. The number of carbonyl (C=O) groups is 1. The number of imidazole rings is 1. The summed E-state index contributed by atoms with van der Waals surface area (Å²) in [6.45, 7) is 0.898. The molecule has 0 saturated carbocycles.